The first-order chi connectivity index (χ1) is 18.4. The van der Waals surface area contributed by atoms with Gasteiger partial charge in [0.1, 0.15) is 12.4 Å². The van der Waals surface area contributed by atoms with E-state index in [4.69, 9.17) is 4.74 Å². The largest absolute Gasteiger partial charge is 0.489 e. The maximum absolute atomic E-state index is 13.7. The molecule has 5 heteroatoms. The number of carbonyl (C=O) groups excluding carboxylic acids is 1. The third-order valence-corrected chi connectivity index (χ3v) is 8.94. The van der Waals surface area contributed by atoms with Crippen LogP contribution in [-0.2, 0) is 11.4 Å². The third kappa shape index (κ3) is 5.94. The quantitative estimate of drug-likeness (QED) is 0.316. The summed E-state index contributed by atoms with van der Waals surface area (Å²) in [6.07, 6.45) is 6.71. The van der Waals surface area contributed by atoms with Crippen LogP contribution in [-0.4, -0.2) is 22.3 Å². The van der Waals surface area contributed by atoms with Crippen molar-refractivity contribution in [2.24, 2.45) is 5.92 Å². The van der Waals surface area contributed by atoms with Crippen LogP contribution in [0, 0.1) is 26.7 Å². The molecule has 5 rings (SSSR count). The lowest BCUT2D eigenvalue weighted by Crippen LogP contribution is -2.48. The maximum Gasteiger partial charge on any atom is 0.262 e. The van der Waals surface area contributed by atoms with Crippen molar-refractivity contribution in [1.29, 1.82) is 0 Å². The van der Waals surface area contributed by atoms with Crippen LogP contribution in [0.5, 0.6) is 5.75 Å². The number of hydrogen-bond acceptors (Lipinski definition) is 4. The molecule has 1 saturated carbocycles. The summed E-state index contributed by atoms with van der Waals surface area (Å²) >= 11 is 1.62. The van der Waals surface area contributed by atoms with E-state index in [9.17, 15) is 4.79 Å². The molecule has 1 unspecified atom stereocenters. The number of anilines is 1. The second-order valence-corrected chi connectivity index (χ2v) is 11.9. The van der Waals surface area contributed by atoms with Gasteiger partial charge in [-0.1, -0.05) is 79.6 Å². The minimum atomic E-state index is -0.106. The third-order valence-electron chi connectivity index (χ3n) is 7.83. The summed E-state index contributed by atoms with van der Waals surface area (Å²) in [6.45, 7) is 9.25. The molecule has 1 heterocycles. The fourth-order valence-corrected chi connectivity index (χ4v) is 6.98. The van der Waals surface area contributed by atoms with Gasteiger partial charge in [-0.3, -0.25) is 4.79 Å². The first kappa shape index (κ1) is 26.4. The smallest absolute Gasteiger partial charge is 0.262 e. The van der Waals surface area contributed by atoms with Crippen molar-refractivity contribution >= 4 is 29.4 Å². The van der Waals surface area contributed by atoms with Crippen molar-refractivity contribution in [2.45, 2.75) is 71.5 Å². The molecule has 4 nitrogen and oxygen atoms in total. The molecule has 3 atom stereocenters. The topological polar surface area (TPSA) is 41.6 Å². The van der Waals surface area contributed by atoms with Gasteiger partial charge in [0.15, 0.2) is 5.50 Å². The molecule has 0 aromatic heterocycles. The fraction of sp³-hybridized carbons (Fsp3) is 0.364. The van der Waals surface area contributed by atoms with Crippen LogP contribution in [0.2, 0.25) is 0 Å². The number of ether oxygens (including phenoxy) is 1. The number of thioether (sulfide) groups is 1. The summed E-state index contributed by atoms with van der Waals surface area (Å²) in [6, 6.07) is 22.9. The number of para-hydroxylation sites is 1. The van der Waals surface area contributed by atoms with E-state index in [0.29, 0.717) is 12.5 Å². The summed E-state index contributed by atoms with van der Waals surface area (Å²) in [5.41, 5.74) is 6.97. The van der Waals surface area contributed by atoms with Gasteiger partial charge in [-0.25, -0.2) is 0 Å². The lowest BCUT2D eigenvalue weighted by atomic mass is 9.85. The van der Waals surface area contributed by atoms with Crippen molar-refractivity contribution in [3.05, 3.63) is 99.5 Å². The maximum atomic E-state index is 13.7. The minimum absolute atomic E-state index is 0.106. The Morgan fingerprint density at radius 1 is 0.974 bits per heavy atom. The van der Waals surface area contributed by atoms with E-state index in [-0.39, 0.29) is 17.4 Å². The number of benzene rings is 3. The molecule has 1 N–H and O–H groups in total. The van der Waals surface area contributed by atoms with Crippen LogP contribution in [0.3, 0.4) is 0 Å². The molecule has 1 aliphatic heterocycles. The van der Waals surface area contributed by atoms with Crippen LogP contribution in [0.1, 0.15) is 60.4 Å². The number of carbonyl (C=O) groups is 1. The zero-order valence-electron chi connectivity index (χ0n) is 22.9. The number of nitrogens with zero attached hydrogens (tertiary/aromatic N) is 1. The summed E-state index contributed by atoms with van der Waals surface area (Å²) < 4.78 is 6.12. The first-order valence-corrected chi connectivity index (χ1v) is 14.6. The van der Waals surface area contributed by atoms with Crippen molar-refractivity contribution in [3.8, 4) is 5.75 Å². The van der Waals surface area contributed by atoms with Crippen LogP contribution in [0.25, 0.3) is 6.08 Å². The van der Waals surface area contributed by atoms with Crippen LogP contribution in [0.4, 0.5) is 5.69 Å². The van der Waals surface area contributed by atoms with Gasteiger partial charge in [-0.15, -0.1) is 0 Å². The fourth-order valence-electron chi connectivity index (χ4n) is 5.77. The molecular formula is C33H38N2O2S. The van der Waals surface area contributed by atoms with Crippen molar-refractivity contribution < 1.29 is 9.53 Å². The Labute approximate surface area is 231 Å². The number of aryl methyl sites for hydroxylation is 3. The Morgan fingerprint density at radius 2 is 1.66 bits per heavy atom. The number of hydrogen-bond donors (Lipinski definition) is 1. The van der Waals surface area contributed by atoms with Gasteiger partial charge < -0.3 is 15.0 Å². The van der Waals surface area contributed by atoms with E-state index in [1.54, 1.807) is 11.8 Å². The molecule has 1 saturated heterocycles. The highest BCUT2D eigenvalue weighted by Gasteiger charge is 2.42. The Kier molecular flexibility index (Phi) is 8.13. The molecule has 198 valence electrons. The molecule has 0 bridgehead atoms. The van der Waals surface area contributed by atoms with Crippen LogP contribution in [0.15, 0.2) is 71.6 Å². The van der Waals surface area contributed by atoms with E-state index >= 15 is 0 Å². The zero-order valence-corrected chi connectivity index (χ0v) is 23.7. The summed E-state index contributed by atoms with van der Waals surface area (Å²) in [4.78, 5) is 16.6. The molecule has 0 spiro atoms. The number of nitrogens with one attached hydrogen (secondary N) is 1. The normalized spacial score (nSPS) is 22.6. The minimum Gasteiger partial charge on any atom is -0.489 e. The van der Waals surface area contributed by atoms with E-state index in [1.165, 1.54) is 41.5 Å². The van der Waals surface area contributed by atoms with Gasteiger partial charge in [0.25, 0.3) is 5.91 Å². The van der Waals surface area contributed by atoms with E-state index in [0.717, 1.165) is 28.3 Å². The predicted molar refractivity (Wildman–Crippen MR) is 159 cm³/mol. The Morgan fingerprint density at radius 3 is 2.34 bits per heavy atom. The molecule has 38 heavy (non-hydrogen) atoms. The van der Waals surface area contributed by atoms with Gasteiger partial charge in [-0.2, -0.15) is 0 Å². The molecule has 2 fully saturated rings. The highest BCUT2D eigenvalue weighted by Crippen LogP contribution is 2.42. The predicted octanol–water partition coefficient (Wildman–Crippen LogP) is 8.08. The van der Waals surface area contributed by atoms with Gasteiger partial charge >= 0.3 is 0 Å². The molecule has 0 radical (unpaired) electrons. The lowest BCUT2D eigenvalue weighted by Gasteiger charge is -2.39. The van der Waals surface area contributed by atoms with E-state index in [2.05, 4.69) is 62.2 Å². The molecular weight excluding hydrogens is 488 g/mol. The number of amides is 1. The molecule has 3 aromatic rings. The molecule has 3 aromatic carbocycles. The highest BCUT2D eigenvalue weighted by molar-refractivity contribution is 8.05. The lowest BCUT2D eigenvalue weighted by molar-refractivity contribution is -0.129. The average Bonchev–Trinajstić information content (AvgIpc) is 3.19. The Balaban J connectivity index is 1.32. The van der Waals surface area contributed by atoms with Gasteiger partial charge in [0.05, 0.1) is 4.91 Å². The van der Waals surface area contributed by atoms with E-state index < -0.39 is 0 Å². The first-order valence-electron chi connectivity index (χ1n) is 13.7. The van der Waals surface area contributed by atoms with Crippen molar-refractivity contribution in [3.63, 3.8) is 0 Å². The van der Waals surface area contributed by atoms with Gasteiger partial charge in [0.2, 0.25) is 0 Å². The molecule has 1 aliphatic carbocycles. The standard InChI is InChI=1S/C33H38N2O2S/c1-22-18-24(3)29(25(4)19-22)21-37-28-16-14-26(15-17-28)20-31-32(36)35(30-13-9-8-10-23(30)2)33(38-31)34-27-11-6-5-7-12-27/h5-7,11-12,14-20,23,30,33-34H,8-10,13,21H2,1-4H3/b31-20-/t23-,30-,33?/m0/s1. The summed E-state index contributed by atoms with van der Waals surface area (Å²) in [5, 5.41) is 3.62. The average molecular weight is 527 g/mol. The van der Waals surface area contributed by atoms with E-state index in [1.807, 2.05) is 48.5 Å². The molecule has 1 amide bonds. The number of rotatable bonds is 7. The van der Waals surface area contributed by atoms with Crippen LogP contribution < -0.4 is 10.1 Å². The van der Waals surface area contributed by atoms with Crippen molar-refractivity contribution in [1.82, 2.24) is 4.90 Å². The SMILES string of the molecule is Cc1cc(C)c(COc2ccc(/C=C3\SC(Nc4ccccc4)N([C@H]4CCCC[C@@H]4C)C3=O)cc2)c(C)c1. The van der Waals surface area contributed by atoms with Gasteiger partial charge in [0, 0.05) is 11.7 Å². The second-order valence-electron chi connectivity index (χ2n) is 10.8. The second kappa shape index (κ2) is 11.7. The monoisotopic (exact) mass is 526 g/mol. The van der Waals surface area contributed by atoms with Crippen LogP contribution >= 0.6 is 11.8 Å². The Hall–Kier alpha value is -3.18. The summed E-state index contributed by atoms with van der Waals surface area (Å²) in [7, 11) is 0. The zero-order chi connectivity index (χ0) is 26.6. The Bertz CT molecular complexity index is 1280. The van der Waals surface area contributed by atoms with Gasteiger partial charge in [-0.05, 0) is 92.1 Å². The highest BCUT2D eigenvalue weighted by atomic mass is 32.2. The van der Waals surface area contributed by atoms with Crippen molar-refractivity contribution in [2.75, 3.05) is 5.32 Å². The summed E-state index contributed by atoms with van der Waals surface area (Å²) in [5.74, 6) is 1.47. The molecule has 2 aliphatic rings.